The minimum absolute atomic E-state index is 0.304. The highest BCUT2D eigenvalue weighted by Gasteiger charge is 2.11. The Hall–Kier alpha value is -1.26. The van der Waals surface area contributed by atoms with Crippen molar-refractivity contribution in [1.82, 2.24) is 0 Å². The molecule has 0 fully saturated rings. The van der Waals surface area contributed by atoms with Crippen molar-refractivity contribution in [3.8, 4) is 5.75 Å². The zero-order valence-corrected chi connectivity index (χ0v) is 10.6. The molecule has 0 unspecified atom stereocenters. The Labute approximate surface area is 105 Å². The molecular weight excluding hydrogens is 244 g/mol. The second-order valence-corrected chi connectivity index (χ2v) is 3.74. The second-order valence-electron chi connectivity index (χ2n) is 3.33. The molecule has 4 nitrogen and oxygen atoms in total. The molecule has 5 heteroatoms. The number of benzene rings is 1. The average molecular weight is 259 g/mol. The molecule has 0 aliphatic heterocycles. The number of esters is 1. The number of methoxy groups -OCH3 is 2. The van der Waals surface area contributed by atoms with Crippen LogP contribution in [-0.2, 0) is 9.47 Å². The number of carbonyl (C=O) groups is 1. The van der Waals surface area contributed by atoms with Gasteiger partial charge in [-0.3, -0.25) is 0 Å². The van der Waals surface area contributed by atoms with Crippen molar-refractivity contribution < 1.29 is 19.0 Å². The van der Waals surface area contributed by atoms with Crippen LogP contribution in [-0.4, -0.2) is 33.4 Å². The minimum atomic E-state index is -0.475. The van der Waals surface area contributed by atoms with Gasteiger partial charge >= 0.3 is 5.97 Å². The Morgan fingerprint density at radius 3 is 2.71 bits per heavy atom. The first-order chi connectivity index (χ1) is 8.19. The van der Waals surface area contributed by atoms with Crippen LogP contribution >= 0.6 is 11.6 Å². The molecule has 0 aliphatic carbocycles. The third-order valence-electron chi connectivity index (χ3n) is 2.10. The average Bonchev–Trinajstić information content (AvgIpc) is 2.35. The van der Waals surface area contributed by atoms with Crippen molar-refractivity contribution >= 4 is 17.6 Å². The Bertz CT molecular complexity index is 379. The highest BCUT2D eigenvalue weighted by molar-refractivity contribution is 6.33. The van der Waals surface area contributed by atoms with Crippen LogP contribution in [0.4, 0.5) is 0 Å². The lowest BCUT2D eigenvalue weighted by atomic mass is 10.2. The second kappa shape index (κ2) is 7.14. The van der Waals surface area contributed by atoms with Crippen LogP contribution in [0.5, 0.6) is 5.75 Å². The number of hydrogen-bond donors (Lipinski definition) is 0. The Morgan fingerprint density at radius 1 is 1.29 bits per heavy atom. The summed E-state index contributed by atoms with van der Waals surface area (Å²) in [5.74, 6) is 0.114. The Balaban J connectivity index is 2.65. The van der Waals surface area contributed by atoms with Gasteiger partial charge in [0.2, 0.25) is 0 Å². The molecule has 0 N–H and O–H groups in total. The van der Waals surface area contributed by atoms with Crippen molar-refractivity contribution in [2.24, 2.45) is 0 Å². The lowest BCUT2D eigenvalue weighted by Crippen LogP contribution is -2.05. The summed E-state index contributed by atoms with van der Waals surface area (Å²) in [6.07, 6.45) is 0.784. The molecule has 0 saturated carbocycles. The molecule has 0 heterocycles. The van der Waals surface area contributed by atoms with E-state index in [4.69, 9.17) is 21.1 Å². The van der Waals surface area contributed by atoms with Gasteiger partial charge in [-0.15, -0.1) is 0 Å². The van der Waals surface area contributed by atoms with E-state index in [0.29, 0.717) is 29.5 Å². The summed E-state index contributed by atoms with van der Waals surface area (Å²) < 4.78 is 15.0. The van der Waals surface area contributed by atoms with Crippen LogP contribution in [0.3, 0.4) is 0 Å². The summed E-state index contributed by atoms with van der Waals surface area (Å²) in [4.78, 5) is 11.4. The molecule has 0 bridgehead atoms. The molecule has 0 atom stereocenters. The summed E-state index contributed by atoms with van der Waals surface area (Å²) in [5.41, 5.74) is 0.304. The van der Waals surface area contributed by atoms with Crippen LogP contribution in [0, 0.1) is 0 Å². The van der Waals surface area contributed by atoms with Gasteiger partial charge in [0.1, 0.15) is 5.75 Å². The molecule has 0 aliphatic rings. The van der Waals surface area contributed by atoms with E-state index in [2.05, 4.69) is 4.74 Å². The van der Waals surface area contributed by atoms with Gasteiger partial charge in [-0.25, -0.2) is 4.79 Å². The van der Waals surface area contributed by atoms with Crippen molar-refractivity contribution in [2.75, 3.05) is 27.4 Å². The normalized spacial score (nSPS) is 10.1. The Kier molecular flexibility index (Phi) is 5.80. The monoisotopic (exact) mass is 258 g/mol. The van der Waals surface area contributed by atoms with Gasteiger partial charge in [0.25, 0.3) is 0 Å². The molecular formula is C12H15ClO4. The van der Waals surface area contributed by atoms with Crippen molar-refractivity contribution in [2.45, 2.75) is 6.42 Å². The minimum Gasteiger partial charge on any atom is -0.493 e. The van der Waals surface area contributed by atoms with Crippen molar-refractivity contribution in [1.29, 1.82) is 0 Å². The smallest absolute Gasteiger partial charge is 0.339 e. The topological polar surface area (TPSA) is 44.8 Å². The molecule has 1 rings (SSSR count). The molecule has 0 amide bonds. The summed E-state index contributed by atoms with van der Waals surface area (Å²) >= 11 is 5.88. The summed E-state index contributed by atoms with van der Waals surface area (Å²) in [6.45, 7) is 1.16. The lowest BCUT2D eigenvalue weighted by molar-refractivity contribution is 0.0600. The van der Waals surface area contributed by atoms with Gasteiger partial charge in [-0.1, -0.05) is 11.6 Å². The Morgan fingerprint density at radius 2 is 2.06 bits per heavy atom. The maximum atomic E-state index is 11.4. The standard InChI is InChI=1S/C12H15ClO4/c1-15-6-3-7-17-9-4-5-11(13)10(8-9)12(14)16-2/h4-5,8H,3,6-7H2,1-2H3. The number of rotatable bonds is 6. The van der Waals surface area contributed by atoms with E-state index in [9.17, 15) is 4.79 Å². The summed E-state index contributed by atoms with van der Waals surface area (Å²) in [5, 5.41) is 0.348. The fourth-order valence-corrected chi connectivity index (χ4v) is 1.45. The van der Waals surface area contributed by atoms with Gasteiger partial charge in [0, 0.05) is 20.1 Å². The van der Waals surface area contributed by atoms with E-state index in [1.54, 1.807) is 25.3 Å². The first-order valence-electron chi connectivity index (χ1n) is 5.18. The molecule has 0 radical (unpaired) electrons. The number of ether oxygens (including phenoxy) is 3. The maximum absolute atomic E-state index is 11.4. The third-order valence-corrected chi connectivity index (χ3v) is 2.43. The van der Waals surface area contributed by atoms with Gasteiger partial charge in [0.05, 0.1) is 24.3 Å². The van der Waals surface area contributed by atoms with Crippen LogP contribution < -0.4 is 4.74 Å². The molecule has 17 heavy (non-hydrogen) atoms. The van der Waals surface area contributed by atoms with Crippen molar-refractivity contribution in [3.63, 3.8) is 0 Å². The lowest BCUT2D eigenvalue weighted by Gasteiger charge is -2.08. The van der Waals surface area contributed by atoms with Crippen molar-refractivity contribution in [3.05, 3.63) is 28.8 Å². The van der Waals surface area contributed by atoms with Gasteiger partial charge in [-0.05, 0) is 18.2 Å². The third kappa shape index (κ3) is 4.24. The van der Waals surface area contributed by atoms with Gasteiger partial charge in [-0.2, -0.15) is 0 Å². The molecule has 1 aromatic rings. The van der Waals surface area contributed by atoms with Crippen LogP contribution in [0.2, 0.25) is 5.02 Å². The van der Waals surface area contributed by atoms with E-state index >= 15 is 0 Å². The van der Waals surface area contributed by atoms with Crippen LogP contribution in [0.15, 0.2) is 18.2 Å². The predicted molar refractivity (Wildman–Crippen MR) is 64.8 cm³/mol. The molecule has 1 aromatic carbocycles. The molecule has 94 valence electrons. The quantitative estimate of drug-likeness (QED) is 0.581. The first kappa shape index (κ1) is 13.8. The fraction of sp³-hybridized carbons (Fsp3) is 0.417. The SMILES string of the molecule is COCCCOc1ccc(Cl)c(C(=O)OC)c1. The largest absolute Gasteiger partial charge is 0.493 e. The fourth-order valence-electron chi connectivity index (χ4n) is 1.25. The van der Waals surface area contributed by atoms with Crippen LogP contribution in [0.25, 0.3) is 0 Å². The zero-order chi connectivity index (χ0) is 12.7. The summed E-state index contributed by atoms with van der Waals surface area (Å²) in [6, 6.07) is 4.89. The summed E-state index contributed by atoms with van der Waals surface area (Å²) in [7, 11) is 2.95. The first-order valence-corrected chi connectivity index (χ1v) is 5.56. The molecule has 0 aromatic heterocycles. The van der Waals surface area contributed by atoms with Gasteiger partial charge in [0.15, 0.2) is 0 Å². The number of halogens is 1. The highest BCUT2D eigenvalue weighted by atomic mass is 35.5. The zero-order valence-electron chi connectivity index (χ0n) is 9.86. The molecule has 0 saturated heterocycles. The van der Waals surface area contributed by atoms with Gasteiger partial charge < -0.3 is 14.2 Å². The van der Waals surface area contributed by atoms with Crippen LogP contribution in [0.1, 0.15) is 16.8 Å². The maximum Gasteiger partial charge on any atom is 0.339 e. The van der Waals surface area contributed by atoms with E-state index in [0.717, 1.165) is 6.42 Å². The predicted octanol–water partition coefficient (Wildman–Crippen LogP) is 2.54. The van der Waals surface area contributed by atoms with E-state index in [1.807, 2.05) is 0 Å². The number of carbonyl (C=O) groups excluding carboxylic acids is 1. The highest BCUT2D eigenvalue weighted by Crippen LogP contribution is 2.22. The number of hydrogen-bond acceptors (Lipinski definition) is 4. The van der Waals surface area contributed by atoms with E-state index in [-0.39, 0.29) is 0 Å². The van der Waals surface area contributed by atoms with E-state index < -0.39 is 5.97 Å². The van der Waals surface area contributed by atoms with E-state index in [1.165, 1.54) is 7.11 Å². The molecule has 0 spiro atoms.